The molecule has 0 bridgehead atoms. The van der Waals surface area contributed by atoms with Gasteiger partial charge in [0.25, 0.3) is 5.91 Å². The Balaban J connectivity index is 1.64. The third-order valence-corrected chi connectivity index (χ3v) is 3.36. The molecule has 0 spiro atoms. The van der Waals surface area contributed by atoms with Gasteiger partial charge in [0.05, 0.1) is 12.8 Å². The first kappa shape index (κ1) is 18.8. The number of furan rings is 1. The lowest BCUT2D eigenvalue weighted by atomic mass is 10.1. The van der Waals surface area contributed by atoms with Gasteiger partial charge in [0.15, 0.2) is 0 Å². The molecular formula is C17H21N5O4. The second kappa shape index (κ2) is 9.11. The lowest BCUT2D eigenvalue weighted by molar-refractivity contribution is -0.120. The van der Waals surface area contributed by atoms with Crippen molar-refractivity contribution in [2.24, 2.45) is 0 Å². The van der Waals surface area contributed by atoms with Gasteiger partial charge >= 0.3 is 12.1 Å². The van der Waals surface area contributed by atoms with E-state index in [4.69, 9.17) is 4.42 Å². The first-order valence-electron chi connectivity index (χ1n) is 7.91. The van der Waals surface area contributed by atoms with E-state index in [-0.39, 0.29) is 13.1 Å². The van der Waals surface area contributed by atoms with Gasteiger partial charge in [-0.15, -0.1) is 0 Å². The molecule has 26 heavy (non-hydrogen) atoms. The van der Waals surface area contributed by atoms with E-state index in [1.807, 2.05) is 26.0 Å². The first-order chi connectivity index (χ1) is 12.4. The molecule has 0 atom stereocenters. The Morgan fingerprint density at radius 1 is 1.00 bits per heavy atom. The summed E-state index contributed by atoms with van der Waals surface area (Å²) in [5.41, 5.74) is 7.03. The van der Waals surface area contributed by atoms with Crippen molar-refractivity contribution in [3.05, 3.63) is 53.5 Å². The third kappa shape index (κ3) is 6.19. The van der Waals surface area contributed by atoms with Crippen LogP contribution in [0, 0.1) is 13.8 Å². The van der Waals surface area contributed by atoms with Crippen LogP contribution in [0.2, 0.25) is 0 Å². The molecule has 1 aromatic carbocycles. The molecule has 0 aliphatic carbocycles. The fourth-order valence-electron chi connectivity index (χ4n) is 2.08. The molecule has 1 heterocycles. The van der Waals surface area contributed by atoms with E-state index in [9.17, 15) is 14.4 Å². The van der Waals surface area contributed by atoms with Crippen LogP contribution < -0.4 is 26.8 Å². The Morgan fingerprint density at radius 2 is 1.81 bits per heavy atom. The van der Waals surface area contributed by atoms with Gasteiger partial charge in [0.2, 0.25) is 0 Å². The number of carbonyl (C=O) groups excluding carboxylic acids is 3. The van der Waals surface area contributed by atoms with Crippen molar-refractivity contribution in [1.29, 1.82) is 0 Å². The summed E-state index contributed by atoms with van der Waals surface area (Å²) >= 11 is 0. The van der Waals surface area contributed by atoms with Gasteiger partial charge in [-0.2, -0.15) is 0 Å². The number of nitrogens with one attached hydrogen (secondary N) is 5. The zero-order chi connectivity index (χ0) is 18.9. The molecule has 0 saturated heterocycles. The molecule has 0 aliphatic heterocycles. The van der Waals surface area contributed by atoms with Crippen molar-refractivity contribution in [3.63, 3.8) is 0 Å². The highest BCUT2D eigenvalue weighted by atomic mass is 16.3. The van der Waals surface area contributed by atoms with Crippen LogP contribution in [0.3, 0.4) is 0 Å². The van der Waals surface area contributed by atoms with E-state index in [1.54, 1.807) is 18.2 Å². The SMILES string of the molecule is Cc1ccc(NC(=O)NNC(=O)CNC(=O)NCc2ccco2)c(C)c1. The molecule has 9 nitrogen and oxygen atoms in total. The molecule has 0 radical (unpaired) electrons. The van der Waals surface area contributed by atoms with Crippen LogP contribution in [-0.4, -0.2) is 24.5 Å². The summed E-state index contributed by atoms with van der Waals surface area (Å²) in [5, 5.41) is 7.50. The van der Waals surface area contributed by atoms with Crippen LogP contribution in [0.5, 0.6) is 0 Å². The average Bonchev–Trinajstić information content (AvgIpc) is 3.12. The Morgan fingerprint density at radius 3 is 2.50 bits per heavy atom. The highest BCUT2D eigenvalue weighted by Crippen LogP contribution is 2.15. The van der Waals surface area contributed by atoms with Crippen LogP contribution >= 0.6 is 0 Å². The summed E-state index contributed by atoms with van der Waals surface area (Å²) in [6, 6.07) is 7.87. The first-order valence-corrected chi connectivity index (χ1v) is 7.91. The number of urea groups is 2. The molecule has 9 heteroatoms. The highest BCUT2D eigenvalue weighted by Gasteiger charge is 2.08. The Bertz CT molecular complexity index is 773. The van der Waals surface area contributed by atoms with E-state index in [2.05, 4.69) is 26.8 Å². The molecule has 0 unspecified atom stereocenters. The lowest BCUT2D eigenvalue weighted by Crippen LogP contribution is -2.49. The molecule has 5 N–H and O–H groups in total. The third-order valence-electron chi connectivity index (χ3n) is 3.36. The number of anilines is 1. The minimum Gasteiger partial charge on any atom is -0.467 e. The summed E-state index contributed by atoms with van der Waals surface area (Å²) in [6.07, 6.45) is 1.50. The maximum atomic E-state index is 11.8. The van der Waals surface area contributed by atoms with Gasteiger partial charge in [-0.25, -0.2) is 15.0 Å². The lowest BCUT2D eigenvalue weighted by Gasteiger charge is -2.11. The molecule has 1 aromatic heterocycles. The van der Waals surface area contributed by atoms with Crippen molar-refractivity contribution in [3.8, 4) is 0 Å². The minimum absolute atomic E-state index is 0.205. The standard InChI is InChI=1S/C17H21N5O4/c1-11-5-6-14(12(2)8-11)20-17(25)22-21-15(23)10-19-16(24)18-9-13-4-3-7-26-13/h3-8H,9-10H2,1-2H3,(H,21,23)(H2,18,19,24)(H2,20,22,25). The Hall–Kier alpha value is -3.49. The van der Waals surface area contributed by atoms with E-state index < -0.39 is 18.0 Å². The molecule has 0 saturated carbocycles. The van der Waals surface area contributed by atoms with Gasteiger partial charge in [-0.3, -0.25) is 10.2 Å². The maximum absolute atomic E-state index is 11.8. The number of hydrogen-bond donors (Lipinski definition) is 5. The topological polar surface area (TPSA) is 125 Å². The van der Waals surface area contributed by atoms with Crippen LogP contribution in [0.25, 0.3) is 0 Å². The van der Waals surface area contributed by atoms with Gasteiger partial charge in [-0.05, 0) is 37.6 Å². The number of carbonyl (C=O) groups is 3. The number of aryl methyl sites for hydroxylation is 2. The van der Waals surface area contributed by atoms with Crippen molar-refractivity contribution in [2.45, 2.75) is 20.4 Å². The number of hydrazine groups is 1. The van der Waals surface area contributed by atoms with Crippen LogP contribution in [0.15, 0.2) is 41.0 Å². The minimum atomic E-state index is -0.590. The molecule has 0 aliphatic rings. The molecule has 0 fully saturated rings. The van der Waals surface area contributed by atoms with E-state index in [0.29, 0.717) is 11.4 Å². The van der Waals surface area contributed by atoms with Gasteiger partial charge in [0, 0.05) is 5.69 Å². The summed E-state index contributed by atoms with van der Waals surface area (Å²) in [6.45, 7) is 3.73. The van der Waals surface area contributed by atoms with Gasteiger partial charge < -0.3 is 20.4 Å². The second-order valence-corrected chi connectivity index (χ2v) is 5.56. The van der Waals surface area contributed by atoms with Crippen LogP contribution in [0.1, 0.15) is 16.9 Å². The van der Waals surface area contributed by atoms with Crippen molar-refractivity contribution < 1.29 is 18.8 Å². The molecule has 138 valence electrons. The van der Waals surface area contributed by atoms with Crippen LogP contribution in [0.4, 0.5) is 15.3 Å². The number of benzene rings is 1. The van der Waals surface area contributed by atoms with Crippen molar-refractivity contribution in [1.82, 2.24) is 21.5 Å². The number of hydrogen-bond acceptors (Lipinski definition) is 4. The van der Waals surface area contributed by atoms with Crippen LogP contribution in [-0.2, 0) is 11.3 Å². The number of rotatable bonds is 5. The van der Waals surface area contributed by atoms with Gasteiger partial charge in [-0.1, -0.05) is 17.7 Å². The Kier molecular flexibility index (Phi) is 6.60. The van der Waals surface area contributed by atoms with E-state index >= 15 is 0 Å². The fourth-order valence-corrected chi connectivity index (χ4v) is 2.08. The molecule has 2 rings (SSSR count). The van der Waals surface area contributed by atoms with Crippen molar-refractivity contribution >= 4 is 23.7 Å². The fraction of sp³-hybridized carbons (Fsp3) is 0.235. The van der Waals surface area contributed by atoms with E-state index in [0.717, 1.165) is 11.1 Å². The van der Waals surface area contributed by atoms with Crippen molar-refractivity contribution in [2.75, 3.05) is 11.9 Å². The zero-order valence-corrected chi connectivity index (χ0v) is 14.5. The largest absolute Gasteiger partial charge is 0.467 e. The monoisotopic (exact) mass is 359 g/mol. The quantitative estimate of drug-likeness (QED) is 0.519. The molecule has 5 amide bonds. The Labute approximate surface area is 150 Å². The summed E-state index contributed by atoms with van der Waals surface area (Å²) in [4.78, 5) is 35.0. The summed E-state index contributed by atoms with van der Waals surface area (Å²) < 4.78 is 5.06. The average molecular weight is 359 g/mol. The number of amides is 5. The summed E-state index contributed by atoms with van der Waals surface area (Å²) in [7, 11) is 0. The predicted octanol–water partition coefficient (Wildman–Crippen LogP) is 1.55. The van der Waals surface area contributed by atoms with E-state index in [1.165, 1.54) is 6.26 Å². The predicted molar refractivity (Wildman–Crippen MR) is 95.2 cm³/mol. The molecular weight excluding hydrogens is 338 g/mol. The summed E-state index contributed by atoms with van der Waals surface area (Å²) in [5.74, 6) is 0.0169. The zero-order valence-electron chi connectivity index (χ0n) is 14.5. The smallest absolute Gasteiger partial charge is 0.337 e. The normalized spacial score (nSPS) is 9.92. The highest BCUT2D eigenvalue weighted by molar-refractivity contribution is 5.92. The second-order valence-electron chi connectivity index (χ2n) is 5.56. The maximum Gasteiger partial charge on any atom is 0.337 e. The van der Waals surface area contributed by atoms with Gasteiger partial charge in [0.1, 0.15) is 12.3 Å². The molecule has 2 aromatic rings.